The number of hydrogen-bond acceptors (Lipinski definition) is 5. The topological polar surface area (TPSA) is 98.5 Å². The Morgan fingerprint density at radius 3 is 2.44 bits per heavy atom. The first-order valence-corrected chi connectivity index (χ1v) is 7.58. The van der Waals surface area contributed by atoms with Gasteiger partial charge in [-0.05, 0) is 49.6 Å². The zero-order valence-corrected chi connectivity index (χ0v) is 14.2. The standard InChI is InChI=1S/C18H18N2O5/c1-11-7-8-14(9-13(11)3)18(22)25-10-16(21)19-17-12(2)5-4-6-15(17)20(23)24/h4-9H,10H2,1-3H3,(H,19,21). The Morgan fingerprint density at radius 2 is 1.80 bits per heavy atom. The second-order valence-electron chi connectivity index (χ2n) is 5.65. The number of benzene rings is 2. The molecule has 0 aliphatic rings. The van der Waals surface area contributed by atoms with Crippen molar-refractivity contribution in [1.29, 1.82) is 0 Å². The van der Waals surface area contributed by atoms with E-state index in [9.17, 15) is 19.7 Å². The molecular formula is C18H18N2O5. The maximum absolute atomic E-state index is 12.0. The lowest BCUT2D eigenvalue weighted by molar-refractivity contribution is -0.384. The fraction of sp³-hybridized carbons (Fsp3) is 0.222. The Bertz CT molecular complexity index is 845. The molecule has 0 saturated carbocycles. The summed E-state index contributed by atoms with van der Waals surface area (Å²) in [5.74, 6) is -1.27. The third kappa shape index (κ3) is 4.41. The van der Waals surface area contributed by atoms with Crippen LogP contribution in [-0.4, -0.2) is 23.4 Å². The molecule has 130 valence electrons. The summed E-state index contributed by atoms with van der Waals surface area (Å²) < 4.78 is 4.98. The van der Waals surface area contributed by atoms with E-state index in [1.54, 1.807) is 31.2 Å². The molecule has 2 aromatic rings. The first kappa shape index (κ1) is 18.1. The van der Waals surface area contributed by atoms with Crippen molar-refractivity contribution in [1.82, 2.24) is 0 Å². The van der Waals surface area contributed by atoms with Crippen molar-refractivity contribution in [2.24, 2.45) is 0 Å². The fourth-order valence-corrected chi connectivity index (χ4v) is 2.23. The quantitative estimate of drug-likeness (QED) is 0.510. The Hall–Kier alpha value is -3.22. The third-order valence-electron chi connectivity index (χ3n) is 3.79. The summed E-state index contributed by atoms with van der Waals surface area (Å²) in [5.41, 5.74) is 2.75. The number of hydrogen-bond donors (Lipinski definition) is 1. The normalized spacial score (nSPS) is 10.2. The molecule has 25 heavy (non-hydrogen) atoms. The molecule has 0 aromatic heterocycles. The zero-order valence-electron chi connectivity index (χ0n) is 14.2. The van der Waals surface area contributed by atoms with Crippen LogP contribution < -0.4 is 5.32 Å². The summed E-state index contributed by atoms with van der Waals surface area (Å²) in [6.45, 7) is 4.91. The van der Waals surface area contributed by atoms with Gasteiger partial charge in [0, 0.05) is 6.07 Å². The Labute approximate surface area is 144 Å². The maximum atomic E-state index is 12.0. The largest absolute Gasteiger partial charge is 0.452 e. The van der Waals surface area contributed by atoms with Crippen molar-refractivity contribution in [3.63, 3.8) is 0 Å². The lowest BCUT2D eigenvalue weighted by Gasteiger charge is -2.10. The number of esters is 1. The van der Waals surface area contributed by atoms with Crippen LogP contribution in [0.25, 0.3) is 0 Å². The van der Waals surface area contributed by atoms with Crippen LogP contribution in [0.4, 0.5) is 11.4 Å². The van der Waals surface area contributed by atoms with Crippen LogP contribution in [-0.2, 0) is 9.53 Å². The van der Waals surface area contributed by atoms with E-state index in [0.29, 0.717) is 11.1 Å². The molecule has 7 heteroatoms. The minimum atomic E-state index is -0.644. The number of rotatable bonds is 5. The highest BCUT2D eigenvalue weighted by molar-refractivity contribution is 5.97. The molecule has 0 unspecified atom stereocenters. The smallest absolute Gasteiger partial charge is 0.338 e. The van der Waals surface area contributed by atoms with Gasteiger partial charge in [0.2, 0.25) is 0 Å². The van der Waals surface area contributed by atoms with Crippen molar-refractivity contribution in [2.75, 3.05) is 11.9 Å². The molecule has 0 bridgehead atoms. The highest BCUT2D eigenvalue weighted by Gasteiger charge is 2.18. The molecule has 0 saturated heterocycles. The summed E-state index contributed by atoms with van der Waals surface area (Å²) in [5, 5.41) is 13.5. The van der Waals surface area contributed by atoms with Gasteiger partial charge in [0.15, 0.2) is 6.61 Å². The van der Waals surface area contributed by atoms with Crippen molar-refractivity contribution in [2.45, 2.75) is 20.8 Å². The van der Waals surface area contributed by atoms with Crippen LogP contribution in [0.2, 0.25) is 0 Å². The van der Waals surface area contributed by atoms with Crippen LogP contribution in [0.1, 0.15) is 27.0 Å². The highest BCUT2D eigenvalue weighted by atomic mass is 16.6. The van der Waals surface area contributed by atoms with Crippen LogP contribution in [0.3, 0.4) is 0 Å². The van der Waals surface area contributed by atoms with Crippen LogP contribution in [0, 0.1) is 30.9 Å². The number of nitro benzene ring substituents is 1. The van der Waals surface area contributed by atoms with Crippen LogP contribution >= 0.6 is 0 Å². The van der Waals surface area contributed by atoms with Crippen molar-refractivity contribution < 1.29 is 19.2 Å². The lowest BCUT2D eigenvalue weighted by Crippen LogP contribution is -2.22. The molecular weight excluding hydrogens is 324 g/mol. The minimum absolute atomic E-state index is 0.0970. The van der Waals surface area contributed by atoms with Gasteiger partial charge in [0.05, 0.1) is 10.5 Å². The van der Waals surface area contributed by atoms with Gasteiger partial charge in [-0.15, -0.1) is 0 Å². The van der Waals surface area contributed by atoms with Gasteiger partial charge in [-0.1, -0.05) is 18.2 Å². The fourth-order valence-electron chi connectivity index (χ4n) is 2.23. The molecule has 1 amide bonds. The summed E-state index contributed by atoms with van der Waals surface area (Å²) in [6, 6.07) is 9.56. The number of para-hydroxylation sites is 1. The Balaban J connectivity index is 2.03. The predicted octanol–water partition coefficient (Wildman–Crippen LogP) is 3.32. The number of anilines is 1. The highest BCUT2D eigenvalue weighted by Crippen LogP contribution is 2.27. The number of nitro groups is 1. The Kier molecular flexibility index (Phi) is 5.49. The third-order valence-corrected chi connectivity index (χ3v) is 3.79. The first-order valence-electron chi connectivity index (χ1n) is 7.58. The first-order chi connectivity index (χ1) is 11.8. The Morgan fingerprint density at radius 1 is 1.08 bits per heavy atom. The van der Waals surface area contributed by atoms with Gasteiger partial charge in [0.1, 0.15) is 5.69 Å². The second-order valence-corrected chi connectivity index (χ2v) is 5.65. The molecule has 0 fully saturated rings. The average Bonchev–Trinajstić information content (AvgIpc) is 2.56. The van der Waals surface area contributed by atoms with E-state index in [-0.39, 0.29) is 11.4 Å². The molecule has 2 aromatic carbocycles. The van der Waals surface area contributed by atoms with Crippen molar-refractivity contribution in [3.05, 3.63) is 68.8 Å². The molecule has 0 heterocycles. The molecule has 0 spiro atoms. The molecule has 0 aliphatic carbocycles. The van der Waals surface area contributed by atoms with E-state index >= 15 is 0 Å². The van der Waals surface area contributed by atoms with E-state index in [1.165, 1.54) is 12.1 Å². The summed E-state index contributed by atoms with van der Waals surface area (Å²) >= 11 is 0. The van der Waals surface area contributed by atoms with Gasteiger partial charge in [0.25, 0.3) is 11.6 Å². The van der Waals surface area contributed by atoms with Crippen LogP contribution in [0.5, 0.6) is 0 Å². The minimum Gasteiger partial charge on any atom is -0.452 e. The molecule has 0 atom stereocenters. The number of aryl methyl sites for hydroxylation is 3. The average molecular weight is 342 g/mol. The number of nitrogens with zero attached hydrogens (tertiary/aromatic N) is 1. The van der Waals surface area contributed by atoms with E-state index in [0.717, 1.165) is 11.1 Å². The summed E-state index contributed by atoms with van der Waals surface area (Å²) in [6.07, 6.45) is 0. The van der Waals surface area contributed by atoms with Gasteiger partial charge in [-0.3, -0.25) is 14.9 Å². The van der Waals surface area contributed by atoms with Gasteiger partial charge >= 0.3 is 5.97 Å². The van der Waals surface area contributed by atoms with E-state index < -0.39 is 23.4 Å². The number of carbonyl (C=O) groups excluding carboxylic acids is 2. The molecule has 1 N–H and O–H groups in total. The molecule has 0 aliphatic heterocycles. The zero-order chi connectivity index (χ0) is 18.6. The maximum Gasteiger partial charge on any atom is 0.338 e. The van der Waals surface area contributed by atoms with E-state index in [1.807, 2.05) is 13.8 Å². The summed E-state index contributed by atoms with van der Waals surface area (Å²) in [7, 11) is 0. The molecule has 7 nitrogen and oxygen atoms in total. The number of amides is 1. The monoisotopic (exact) mass is 342 g/mol. The van der Waals surface area contributed by atoms with E-state index in [2.05, 4.69) is 5.32 Å². The van der Waals surface area contributed by atoms with Gasteiger partial charge in [-0.25, -0.2) is 4.79 Å². The van der Waals surface area contributed by atoms with Crippen molar-refractivity contribution in [3.8, 4) is 0 Å². The lowest BCUT2D eigenvalue weighted by atomic mass is 10.1. The number of nitrogens with one attached hydrogen (secondary N) is 1. The van der Waals surface area contributed by atoms with Crippen LogP contribution in [0.15, 0.2) is 36.4 Å². The summed E-state index contributed by atoms with van der Waals surface area (Å²) in [4.78, 5) is 34.4. The second kappa shape index (κ2) is 7.57. The molecule has 0 radical (unpaired) electrons. The molecule has 2 rings (SSSR count). The van der Waals surface area contributed by atoms with Gasteiger partial charge in [-0.2, -0.15) is 0 Å². The SMILES string of the molecule is Cc1ccc(C(=O)OCC(=O)Nc2c(C)cccc2[N+](=O)[O-])cc1C. The van der Waals surface area contributed by atoms with Gasteiger partial charge < -0.3 is 10.1 Å². The predicted molar refractivity (Wildman–Crippen MR) is 92.7 cm³/mol. The van der Waals surface area contributed by atoms with E-state index in [4.69, 9.17) is 4.74 Å². The number of carbonyl (C=O) groups is 2. The van der Waals surface area contributed by atoms with Crippen molar-refractivity contribution >= 4 is 23.3 Å². The number of ether oxygens (including phenoxy) is 1.